The summed E-state index contributed by atoms with van der Waals surface area (Å²) in [6.07, 6.45) is 1.34. The molecule has 7 nitrogen and oxygen atoms in total. The quantitative estimate of drug-likeness (QED) is 0.0996. The molecule has 1 radical (unpaired) electrons. The molecule has 6 aromatic rings. The van der Waals surface area contributed by atoms with E-state index in [-0.39, 0.29) is 73.5 Å². The fraction of sp³-hybridized carbons (Fsp3) is 0.455. The molecule has 1 saturated heterocycles. The Balaban J connectivity index is 0.000000495. The first kappa shape index (κ1) is 69.1. The molecule has 1 heterocycles. The van der Waals surface area contributed by atoms with Crippen molar-refractivity contribution in [3.8, 4) is 11.5 Å². The van der Waals surface area contributed by atoms with Gasteiger partial charge < -0.3 is 33.9 Å². The van der Waals surface area contributed by atoms with E-state index in [1.54, 1.807) is 28.4 Å². The van der Waals surface area contributed by atoms with Crippen LogP contribution in [0.25, 0.3) is 0 Å². The summed E-state index contributed by atoms with van der Waals surface area (Å²) in [6, 6.07) is 51.6. The largest absolute Gasteiger partial charge is 3.00 e. The Labute approximate surface area is 488 Å². The van der Waals surface area contributed by atoms with Gasteiger partial charge >= 0.3 is 40.4 Å². The van der Waals surface area contributed by atoms with Crippen molar-refractivity contribution in [2.24, 2.45) is 0 Å². The Morgan fingerprint density at radius 1 is 0.387 bits per heavy atom. The van der Waals surface area contributed by atoms with Crippen LogP contribution in [0.3, 0.4) is 0 Å². The van der Waals surface area contributed by atoms with Gasteiger partial charge in [0.2, 0.25) is 0 Å². The van der Waals surface area contributed by atoms with Crippen LogP contribution in [0.5, 0.6) is 11.5 Å². The second-order valence-electron chi connectivity index (χ2n) is 23.2. The van der Waals surface area contributed by atoms with E-state index >= 15 is 0 Å². The van der Waals surface area contributed by atoms with Crippen LogP contribution < -0.4 is 32.1 Å². The molecule has 75 heavy (non-hydrogen) atoms. The van der Waals surface area contributed by atoms with Crippen LogP contribution in [0.4, 0.5) is 0 Å². The minimum Gasteiger partial charge on any atom is -0.872 e. The van der Waals surface area contributed by atoms with Gasteiger partial charge in [-0.25, -0.2) is 0 Å². The summed E-state index contributed by atoms with van der Waals surface area (Å²) in [5.74, 6) is 0.427. The van der Waals surface area contributed by atoms with Gasteiger partial charge in [-0.3, -0.25) is 0 Å². The number of hydrogen-bond acceptors (Lipinski definition) is 7. The minimum atomic E-state index is -1.22. The zero-order valence-corrected chi connectivity index (χ0v) is 52.0. The van der Waals surface area contributed by atoms with Crippen LogP contribution in [-0.2, 0) is 45.3 Å². The fourth-order valence-electron chi connectivity index (χ4n) is 8.74. The Morgan fingerprint density at radius 3 is 0.733 bits per heavy atom. The van der Waals surface area contributed by atoms with Crippen LogP contribution in [0, 0.1) is 54.2 Å². The van der Waals surface area contributed by atoms with E-state index in [0.29, 0.717) is 26.4 Å². The van der Waals surface area contributed by atoms with Crippen molar-refractivity contribution >= 4 is 28.0 Å². The summed E-state index contributed by atoms with van der Waals surface area (Å²) in [5.41, 5.74) is 11.1. The van der Waals surface area contributed by atoms with Crippen molar-refractivity contribution in [3.63, 3.8) is 0 Å². The number of methoxy groups -OCH3 is 4. The zero-order valence-electron chi connectivity index (χ0n) is 49.4. The third-order valence-electron chi connectivity index (χ3n) is 12.7. The summed E-state index contributed by atoms with van der Waals surface area (Å²) < 4.78 is 23.6. The monoisotopic (exact) mass is 1160 g/mol. The maximum absolute atomic E-state index is 12.4. The van der Waals surface area contributed by atoms with Crippen LogP contribution >= 0.6 is 0 Å². The molecule has 7 rings (SSSR count). The Bertz CT molecular complexity index is 2090. The van der Waals surface area contributed by atoms with Crippen molar-refractivity contribution in [2.75, 3.05) is 68.1 Å². The van der Waals surface area contributed by atoms with Gasteiger partial charge in [-0.2, -0.15) is 21.9 Å². The first-order valence-corrected chi connectivity index (χ1v) is 26.4. The number of ether oxygens (including phenoxy) is 5. The van der Waals surface area contributed by atoms with E-state index in [2.05, 4.69) is 237 Å². The molecule has 0 spiro atoms. The summed E-state index contributed by atoms with van der Waals surface area (Å²) in [4.78, 5) is 0. The first-order chi connectivity index (χ1) is 34.8. The topological polar surface area (TPSA) is 92.3 Å². The maximum atomic E-state index is 12.4. The summed E-state index contributed by atoms with van der Waals surface area (Å²) in [6.45, 7) is 34.0. The summed E-state index contributed by atoms with van der Waals surface area (Å²) in [7, 11) is 6.61. The van der Waals surface area contributed by atoms with Gasteiger partial charge in [0, 0.05) is 41.7 Å². The second kappa shape index (κ2) is 34.1. The molecule has 0 aliphatic carbocycles. The molecule has 0 bridgehead atoms. The average Bonchev–Trinajstić information content (AvgIpc) is 3.96. The van der Waals surface area contributed by atoms with E-state index in [1.807, 2.05) is 24.3 Å². The molecule has 0 saturated carbocycles. The van der Waals surface area contributed by atoms with Crippen LogP contribution in [0.15, 0.2) is 146 Å². The number of benzene rings is 6. The molecule has 6 aromatic carbocycles. The molecule has 0 N–H and O–H groups in total. The van der Waals surface area contributed by atoms with Crippen molar-refractivity contribution in [2.45, 2.75) is 131 Å². The normalized spacial score (nSPS) is 12.3. The number of rotatable bonds is 10. The van der Waals surface area contributed by atoms with E-state index in [1.165, 1.54) is 45.8 Å². The van der Waals surface area contributed by atoms with Gasteiger partial charge in [0.25, 0.3) is 0 Å². The van der Waals surface area contributed by atoms with Crippen molar-refractivity contribution in [1.29, 1.82) is 0 Å². The predicted molar refractivity (Wildman–Crippen MR) is 314 cm³/mol. The molecule has 0 amide bonds. The van der Waals surface area contributed by atoms with Gasteiger partial charge in [-0.1, -0.05) is 240 Å². The molecule has 0 unspecified atom stereocenters. The number of hydrogen-bond donors (Lipinski definition) is 0. The van der Waals surface area contributed by atoms with E-state index < -0.39 is 6.15 Å². The molecular weight excluding hydrogens is 1070 g/mol. The predicted octanol–water partition coefficient (Wildman–Crippen LogP) is 11.7. The Morgan fingerprint density at radius 2 is 0.587 bits per heavy atom. The van der Waals surface area contributed by atoms with E-state index in [4.69, 9.17) is 4.74 Å². The summed E-state index contributed by atoms with van der Waals surface area (Å²) in [5, 5.41) is 24.8. The average molecular weight is 1160 g/mol. The van der Waals surface area contributed by atoms with E-state index in [9.17, 15) is 10.2 Å². The van der Waals surface area contributed by atoms with Gasteiger partial charge in [0.1, 0.15) is 6.15 Å². The standard InChI is InChI=1S/C24H20B.2C15H24O.2C4H10O2.C4H8O.Sm/c1-5-13-21(14-6-1)25(22-15-7-2-8-16-22,23-17-9-3-10-18-23)24-19-11-4-12-20-24;2*1-10-8-11(14(2,3)4)13(16)12(9-10)15(5,6)7;2*1-5-3-4-6-2;1-2-4-5-3-1;/h1-20H;2*8-9,16H,1-7H3;2*3-4H2,1-2H3;1-4H2;/q-1;;;;;;+3/p-2. The molecule has 409 valence electrons. The molecule has 1 aliphatic heterocycles. The van der Waals surface area contributed by atoms with Gasteiger partial charge in [0.15, 0.2) is 0 Å². The SMILES string of the molecule is C1CCOC1.COCCOC.COCCOC.Cc1cc(C(C)(C)C)c([O-])c(C(C)(C)C)c1.Cc1cc(C(C)(C)C)c([O-])c(C(C)(C)C)c1.[Sm+3].c1ccc([B-](c2ccccc2)(c2ccccc2)c2ccccc2)cc1. The van der Waals surface area contributed by atoms with Crippen LogP contribution in [0.2, 0.25) is 0 Å². The molecule has 1 aliphatic rings. The van der Waals surface area contributed by atoms with Gasteiger partial charge in [-0.05, 0) is 70.6 Å². The van der Waals surface area contributed by atoms with Crippen molar-refractivity contribution in [3.05, 3.63) is 179 Å². The first-order valence-electron chi connectivity index (χ1n) is 26.4. The van der Waals surface area contributed by atoms with Crippen molar-refractivity contribution < 1.29 is 74.3 Å². The van der Waals surface area contributed by atoms with Crippen LogP contribution in [0.1, 0.15) is 129 Å². The molecule has 9 heteroatoms. The van der Waals surface area contributed by atoms with Gasteiger partial charge in [0.05, 0.1) is 26.4 Å². The minimum absolute atomic E-state index is 0. The maximum Gasteiger partial charge on any atom is 3.00 e. The molecule has 0 aromatic heterocycles. The second-order valence-corrected chi connectivity index (χ2v) is 23.2. The fourth-order valence-corrected chi connectivity index (χ4v) is 8.74. The molecule has 1 fully saturated rings. The third kappa shape index (κ3) is 22.9. The third-order valence-corrected chi connectivity index (χ3v) is 12.7. The molecule has 0 atom stereocenters. The van der Waals surface area contributed by atoms with Crippen LogP contribution in [-0.4, -0.2) is 74.2 Å². The summed E-state index contributed by atoms with van der Waals surface area (Å²) >= 11 is 0. The zero-order chi connectivity index (χ0) is 55.6. The molecular formula is C66H94BO7Sm. The van der Waals surface area contributed by atoms with Gasteiger partial charge in [-0.15, -0.1) is 11.5 Å². The smallest absolute Gasteiger partial charge is 0.872 e. The number of aryl methyl sites for hydroxylation is 2. The Kier molecular flexibility index (Phi) is 31.4. The Hall–Kier alpha value is -3.88. The van der Waals surface area contributed by atoms with E-state index in [0.717, 1.165) is 35.5 Å². The van der Waals surface area contributed by atoms with Crippen molar-refractivity contribution in [1.82, 2.24) is 0 Å².